The first-order chi connectivity index (χ1) is 17.9. The quantitative estimate of drug-likeness (QED) is 0.219. The number of aliphatic hydroxyl groups is 3. The lowest BCUT2D eigenvalue weighted by Gasteiger charge is -2.43. The molecule has 10 nitrogen and oxygen atoms in total. The molecule has 0 unspecified atom stereocenters. The molecule has 202 valence electrons. The lowest BCUT2D eigenvalue weighted by atomic mass is 9.72. The van der Waals surface area contributed by atoms with Gasteiger partial charge in [-0.2, -0.15) is 0 Å². The topological polar surface area (TPSA) is 171 Å². The monoisotopic (exact) mass is 594 g/mol. The number of Topliss-reactive ketones (excluding diaryl/α,β-unsaturated/α-hetero) is 1. The number of ether oxygens (including phenoxy) is 2. The van der Waals surface area contributed by atoms with E-state index in [4.69, 9.17) is 9.47 Å². The largest absolute Gasteiger partial charge is 0.507 e. The zero-order chi connectivity index (χ0) is 27.7. The lowest BCUT2D eigenvalue weighted by molar-refractivity contribution is -0.294. The highest BCUT2D eigenvalue weighted by atomic mass is 79.9. The molecule has 7 atom stereocenters. The number of hydrogen-bond acceptors (Lipinski definition) is 10. The van der Waals surface area contributed by atoms with E-state index in [0.29, 0.717) is 0 Å². The number of halogens is 2. The Hall–Kier alpha value is -2.74. The van der Waals surface area contributed by atoms with Crippen molar-refractivity contribution in [2.75, 3.05) is 5.33 Å². The molecule has 0 bridgehead atoms. The SMILES string of the molecule is C[C@@H]1O[C@@H](O[C@H]2C[C@](O)(C(=O)CBr)Cc3c(O)c4c(c(O)c32)C(=O)c2ccccc2C4=O)[C@H](F)[C@H](O)[C@@H]1O. The Balaban J connectivity index is 1.68. The van der Waals surface area contributed by atoms with Crippen molar-refractivity contribution >= 4 is 33.3 Å². The third kappa shape index (κ3) is 3.90. The van der Waals surface area contributed by atoms with Crippen LogP contribution in [0.3, 0.4) is 0 Å². The molecule has 0 saturated carbocycles. The number of hydrogen-bond donors (Lipinski definition) is 5. The number of aromatic hydroxyl groups is 2. The minimum Gasteiger partial charge on any atom is -0.507 e. The van der Waals surface area contributed by atoms with Crippen molar-refractivity contribution in [1.29, 1.82) is 0 Å². The summed E-state index contributed by atoms with van der Waals surface area (Å²) in [5, 5.41) is 53.6. The molecular weight excluding hydrogens is 571 g/mol. The van der Waals surface area contributed by atoms with Crippen molar-refractivity contribution in [3.05, 3.63) is 57.6 Å². The molecule has 38 heavy (non-hydrogen) atoms. The Labute approximate surface area is 223 Å². The number of benzene rings is 2. The molecule has 1 heterocycles. The Morgan fingerprint density at radius 1 is 1.11 bits per heavy atom. The molecular formula is C26H24BrFO10. The number of rotatable bonds is 4. The van der Waals surface area contributed by atoms with Crippen LogP contribution in [0.1, 0.15) is 62.4 Å². The van der Waals surface area contributed by atoms with Gasteiger partial charge in [0, 0.05) is 35.1 Å². The van der Waals surface area contributed by atoms with Gasteiger partial charge in [-0.15, -0.1) is 0 Å². The summed E-state index contributed by atoms with van der Waals surface area (Å²) in [5.74, 6) is -3.65. The van der Waals surface area contributed by atoms with Crippen molar-refractivity contribution in [3.63, 3.8) is 0 Å². The molecule has 3 aliphatic rings. The van der Waals surface area contributed by atoms with E-state index in [0.717, 1.165) is 0 Å². The molecule has 5 N–H and O–H groups in total. The molecule has 0 amide bonds. The van der Waals surface area contributed by atoms with Gasteiger partial charge in [-0.1, -0.05) is 40.2 Å². The van der Waals surface area contributed by atoms with E-state index in [-0.39, 0.29) is 27.6 Å². The average Bonchev–Trinajstić information content (AvgIpc) is 2.90. The normalized spacial score (nSPS) is 32.4. The van der Waals surface area contributed by atoms with Gasteiger partial charge in [-0.25, -0.2) is 4.39 Å². The van der Waals surface area contributed by atoms with Gasteiger partial charge >= 0.3 is 0 Å². The molecule has 0 radical (unpaired) electrons. The van der Waals surface area contributed by atoms with Crippen LogP contribution in [0, 0.1) is 0 Å². The Morgan fingerprint density at radius 2 is 1.68 bits per heavy atom. The molecule has 12 heteroatoms. The van der Waals surface area contributed by atoms with Crippen molar-refractivity contribution in [3.8, 4) is 11.5 Å². The summed E-state index contributed by atoms with van der Waals surface area (Å²) in [4.78, 5) is 39.4. The number of phenolic OH excluding ortho intramolecular Hbond substituents is 2. The van der Waals surface area contributed by atoms with Crippen LogP contribution >= 0.6 is 15.9 Å². The first kappa shape index (κ1) is 26.9. The summed E-state index contributed by atoms with van der Waals surface area (Å²) in [6, 6.07) is 5.86. The fourth-order valence-corrected chi connectivity index (χ4v) is 5.92. The predicted octanol–water partition coefficient (Wildman–Crippen LogP) is 1.38. The van der Waals surface area contributed by atoms with E-state index in [2.05, 4.69) is 15.9 Å². The highest BCUT2D eigenvalue weighted by Gasteiger charge is 2.51. The van der Waals surface area contributed by atoms with Gasteiger partial charge in [0.2, 0.25) is 0 Å². The van der Waals surface area contributed by atoms with Crippen LogP contribution in [0.25, 0.3) is 0 Å². The highest BCUT2D eigenvalue weighted by Crippen LogP contribution is 2.52. The third-order valence-electron chi connectivity index (χ3n) is 7.48. The predicted molar refractivity (Wildman–Crippen MR) is 130 cm³/mol. The van der Waals surface area contributed by atoms with E-state index in [1.54, 1.807) is 0 Å². The van der Waals surface area contributed by atoms with Gasteiger partial charge in [0.05, 0.1) is 28.7 Å². The molecule has 2 aliphatic carbocycles. The Kier molecular flexibility index (Phi) is 6.69. The number of ketones is 3. The van der Waals surface area contributed by atoms with Crippen LogP contribution in [0.2, 0.25) is 0 Å². The van der Waals surface area contributed by atoms with Crippen LogP contribution in [0.5, 0.6) is 11.5 Å². The van der Waals surface area contributed by atoms with Gasteiger partial charge < -0.3 is 35.0 Å². The second-order valence-corrected chi connectivity index (χ2v) is 10.3. The number of alkyl halides is 2. The number of carbonyl (C=O) groups excluding carboxylic acids is 3. The lowest BCUT2D eigenvalue weighted by Crippen LogP contribution is -2.56. The van der Waals surface area contributed by atoms with Gasteiger partial charge in [0.1, 0.15) is 29.3 Å². The number of aliphatic hydroxyl groups excluding tert-OH is 2. The maximum absolute atomic E-state index is 14.9. The van der Waals surface area contributed by atoms with E-state index >= 15 is 0 Å². The number of carbonyl (C=O) groups is 3. The third-order valence-corrected chi connectivity index (χ3v) is 7.99. The average molecular weight is 595 g/mol. The van der Waals surface area contributed by atoms with Crippen LogP contribution in [0.4, 0.5) is 4.39 Å². The maximum Gasteiger partial charge on any atom is 0.198 e. The number of fused-ring (bicyclic) bond motifs is 3. The molecule has 0 aromatic heterocycles. The highest BCUT2D eigenvalue weighted by molar-refractivity contribution is 9.09. The standard InChI is InChI=1S/C26H24BrFO10/c1-9-19(30)24(35)18(28)25(37-9)38-13-7-26(36,14(29)8-27)6-12-15(13)23(34)17-16(22(12)33)20(31)10-4-2-3-5-11(10)21(17)32/h2-5,9,13,18-19,24-25,30,33-36H,6-8H2,1H3/t9-,13-,18+,19+,24-,25-,26-/m0/s1. The van der Waals surface area contributed by atoms with Gasteiger partial charge in [0.15, 0.2) is 29.8 Å². The van der Waals surface area contributed by atoms with Crippen molar-refractivity contribution in [1.82, 2.24) is 0 Å². The Bertz CT molecular complexity index is 1360. The van der Waals surface area contributed by atoms with Crippen molar-refractivity contribution in [2.24, 2.45) is 0 Å². The molecule has 0 spiro atoms. The summed E-state index contributed by atoms with van der Waals surface area (Å²) in [6.45, 7) is 1.37. The van der Waals surface area contributed by atoms with Crippen LogP contribution in [-0.4, -0.2) is 84.6 Å². The molecule has 2 aromatic carbocycles. The second-order valence-electron chi connectivity index (χ2n) is 9.77. The van der Waals surface area contributed by atoms with Gasteiger partial charge in [-0.3, -0.25) is 14.4 Å². The van der Waals surface area contributed by atoms with Crippen LogP contribution in [0.15, 0.2) is 24.3 Å². The first-order valence-electron chi connectivity index (χ1n) is 11.8. The summed E-state index contributed by atoms with van der Waals surface area (Å²) < 4.78 is 26.1. The fourth-order valence-electron chi connectivity index (χ4n) is 5.40. The van der Waals surface area contributed by atoms with Crippen molar-refractivity contribution < 1.29 is 53.8 Å². The summed E-state index contributed by atoms with van der Waals surface area (Å²) >= 11 is 3.00. The van der Waals surface area contributed by atoms with Gasteiger partial charge in [-0.05, 0) is 6.92 Å². The molecule has 1 saturated heterocycles. The smallest absolute Gasteiger partial charge is 0.198 e. The van der Waals surface area contributed by atoms with E-state index in [9.17, 15) is 44.3 Å². The fraction of sp³-hybridized carbons (Fsp3) is 0.423. The first-order valence-corrected chi connectivity index (χ1v) is 12.9. The van der Waals surface area contributed by atoms with Crippen molar-refractivity contribution in [2.45, 2.75) is 62.2 Å². The summed E-state index contributed by atoms with van der Waals surface area (Å²) in [5.41, 5.74) is -3.59. The molecule has 2 aromatic rings. The van der Waals surface area contributed by atoms with Crippen LogP contribution < -0.4 is 0 Å². The Morgan fingerprint density at radius 3 is 2.26 bits per heavy atom. The zero-order valence-corrected chi connectivity index (χ0v) is 21.5. The van der Waals surface area contributed by atoms with E-state index in [1.807, 2.05) is 0 Å². The summed E-state index contributed by atoms with van der Waals surface area (Å²) in [6.07, 6.45) is -11.2. The summed E-state index contributed by atoms with van der Waals surface area (Å²) in [7, 11) is 0. The number of phenols is 2. The molecule has 5 rings (SSSR count). The second kappa shape index (κ2) is 9.47. The van der Waals surface area contributed by atoms with E-state index in [1.165, 1.54) is 31.2 Å². The van der Waals surface area contributed by atoms with Gasteiger partial charge in [0.25, 0.3) is 0 Å². The van der Waals surface area contributed by atoms with Crippen LogP contribution in [-0.2, 0) is 20.7 Å². The molecule has 1 fully saturated rings. The van der Waals surface area contributed by atoms with E-state index < -0.39 is 95.3 Å². The molecule has 1 aliphatic heterocycles. The maximum atomic E-state index is 14.9. The minimum absolute atomic E-state index is 0.00395. The zero-order valence-electron chi connectivity index (χ0n) is 19.9. The minimum atomic E-state index is -2.25.